The average Bonchev–Trinajstić information content (AvgIpc) is 2.68. The Morgan fingerprint density at radius 2 is 1.65 bits per heavy atom. The minimum Gasteiger partial charge on any atom is -0.349 e. The fourth-order valence-electron chi connectivity index (χ4n) is 2.99. The van der Waals surface area contributed by atoms with Crippen LogP contribution >= 0.6 is 15.9 Å². The predicted octanol–water partition coefficient (Wildman–Crippen LogP) is 3.88. The van der Waals surface area contributed by atoms with Gasteiger partial charge in [-0.05, 0) is 52.5 Å². The fraction of sp³-hybridized carbons (Fsp3) is 0.238. The highest BCUT2D eigenvalue weighted by Gasteiger charge is 2.23. The van der Waals surface area contributed by atoms with E-state index in [1.807, 2.05) is 59.5 Å². The van der Waals surface area contributed by atoms with E-state index in [1.54, 1.807) is 12.1 Å². The molecular formula is C21H21BrN2O2. The van der Waals surface area contributed by atoms with Crippen molar-refractivity contribution >= 4 is 33.8 Å². The van der Waals surface area contributed by atoms with Crippen LogP contribution in [0, 0.1) is 0 Å². The van der Waals surface area contributed by atoms with Gasteiger partial charge in [0, 0.05) is 29.7 Å². The number of halogens is 1. The van der Waals surface area contributed by atoms with Crippen LogP contribution in [0.15, 0.2) is 65.1 Å². The summed E-state index contributed by atoms with van der Waals surface area (Å²) in [6, 6.07) is 17.3. The van der Waals surface area contributed by atoms with Crippen molar-refractivity contribution in [1.82, 2.24) is 10.2 Å². The predicted molar refractivity (Wildman–Crippen MR) is 107 cm³/mol. The van der Waals surface area contributed by atoms with Gasteiger partial charge in [0.05, 0.1) is 5.56 Å². The Morgan fingerprint density at radius 1 is 1.00 bits per heavy atom. The maximum Gasteiger partial charge on any atom is 0.252 e. The van der Waals surface area contributed by atoms with Gasteiger partial charge in [-0.15, -0.1) is 0 Å². The van der Waals surface area contributed by atoms with Crippen molar-refractivity contribution in [3.05, 3.63) is 76.3 Å². The minimum absolute atomic E-state index is 0.0180. The summed E-state index contributed by atoms with van der Waals surface area (Å²) in [4.78, 5) is 26.5. The van der Waals surface area contributed by atoms with Gasteiger partial charge in [-0.25, -0.2) is 0 Å². The Morgan fingerprint density at radius 3 is 2.35 bits per heavy atom. The average molecular weight is 413 g/mol. The van der Waals surface area contributed by atoms with E-state index >= 15 is 0 Å². The van der Waals surface area contributed by atoms with E-state index in [2.05, 4.69) is 21.2 Å². The monoisotopic (exact) mass is 412 g/mol. The summed E-state index contributed by atoms with van der Waals surface area (Å²) in [5.74, 6) is -0.0596. The molecule has 26 heavy (non-hydrogen) atoms. The van der Waals surface area contributed by atoms with Gasteiger partial charge >= 0.3 is 0 Å². The van der Waals surface area contributed by atoms with E-state index in [9.17, 15) is 9.59 Å². The van der Waals surface area contributed by atoms with Crippen LogP contribution in [0.3, 0.4) is 0 Å². The van der Waals surface area contributed by atoms with E-state index in [-0.39, 0.29) is 17.9 Å². The van der Waals surface area contributed by atoms with Crippen molar-refractivity contribution < 1.29 is 9.59 Å². The number of rotatable bonds is 4. The summed E-state index contributed by atoms with van der Waals surface area (Å²) in [5.41, 5.74) is 1.65. The molecule has 1 heterocycles. The van der Waals surface area contributed by atoms with Crippen molar-refractivity contribution in [3.63, 3.8) is 0 Å². The molecule has 0 bridgehead atoms. The lowest BCUT2D eigenvalue weighted by atomic mass is 10.0. The zero-order chi connectivity index (χ0) is 18.4. The molecule has 0 aliphatic carbocycles. The van der Waals surface area contributed by atoms with Gasteiger partial charge in [0.1, 0.15) is 0 Å². The van der Waals surface area contributed by atoms with Crippen molar-refractivity contribution in [1.29, 1.82) is 0 Å². The third-order valence-corrected chi connectivity index (χ3v) is 5.17. The van der Waals surface area contributed by atoms with Gasteiger partial charge in [0.2, 0.25) is 5.91 Å². The number of carbonyl (C=O) groups excluding carboxylic acids is 2. The third kappa shape index (κ3) is 4.82. The maximum atomic E-state index is 12.4. The molecule has 2 aromatic carbocycles. The highest BCUT2D eigenvalue weighted by Crippen LogP contribution is 2.17. The van der Waals surface area contributed by atoms with Crippen LogP contribution in [-0.2, 0) is 4.79 Å². The van der Waals surface area contributed by atoms with Crippen LogP contribution in [-0.4, -0.2) is 35.8 Å². The Labute approximate surface area is 162 Å². The second kappa shape index (κ2) is 8.81. The number of amides is 2. The van der Waals surface area contributed by atoms with E-state index in [4.69, 9.17) is 0 Å². The minimum atomic E-state index is -0.0776. The number of hydrogen-bond acceptors (Lipinski definition) is 2. The topological polar surface area (TPSA) is 49.4 Å². The molecule has 134 valence electrons. The number of piperidine rings is 1. The van der Waals surface area contributed by atoms with Gasteiger partial charge in [0.15, 0.2) is 0 Å². The lowest BCUT2D eigenvalue weighted by molar-refractivity contribution is -0.126. The van der Waals surface area contributed by atoms with Crippen molar-refractivity contribution in [3.8, 4) is 0 Å². The summed E-state index contributed by atoms with van der Waals surface area (Å²) in [7, 11) is 0. The zero-order valence-corrected chi connectivity index (χ0v) is 16.0. The molecule has 0 radical (unpaired) electrons. The lowest BCUT2D eigenvalue weighted by Crippen LogP contribution is -2.46. The number of carbonyl (C=O) groups is 2. The molecule has 2 amide bonds. The maximum absolute atomic E-state index is 12.4. The van der Waals surface area contributed by atoms with E-state index < -0.39 is 0 Å². The number of hydrogen-bond donors (Lipinski definition) is 1. The SMILES string of the molecule is O=C(NC1CCN(C(=O)/C=C/c2ccccc2)CC1)c1ccccc1Br. The molecule has 1 saturated heterocycles. The molecule has 1 aliphatic heterocycles. The number of benzene rings is 2. The molecule has 1 N–H and O–H groups in total. The summed E-state index contributed by atoms with van der Waals surface area (Å²) in [6.45, 7) is 1.30. The van der Waals surface area contributed by atoms with Gasteiger partial charge in [-0.2, -0.15) is 0 Å². The normalized spacial score (nSPS) is 15.2. The largest absolute Gasteiger partial charge is 0.349 e. The van der Waals surface area contributed by atoms with Gasteiger partial charge < -0.3 is 10.2 Å². The Bertz CT molecular complexity index is 797. The number of nitrogens with zero attached hydrogens (tertiary/aromatic N) is 1. The van der Waals surface area contributed by atoms with E-state index in [0.29, 0.717) is 18.7 Å². The first-order valence-electron chi connectivity index (χ1n) is 8.71. The fourth-order valence-corrected chi connectivity index (χ4v) is 3.45. The molecule has 0 spiro atoms. The highest BCUT2D eigenvalue weighted by molar-refractivity contribution is 9.10. The smallest absolute Gasteiger partial charge is 0.252 e. The molecule has 1 aliphatic rings. The second-order valence-corrected chi connectivity index (χ2v) is 7.15. The van der Waals surface area contributed by atoms with Crippen LogP contribution in [0.5, 0.6) is 0 Å². The Kier molecular flexibility index (Phi) is 6.23. The molecule has 5 heteroatoms. The molecule has 3 rings (SSSR count). The molecule has 0 aromatic heterocycles. The molecule has 0 atom stereocenters. The van der Waals surface area contributed by atoms with Crippen molar-refractivity contribution in [2.24, 2.45) is 0 Å². The summed E-state index contributed by atoms with van der Waals surface area (Å²) < 4.78 is 0.788. The molecule has 0 saturated carbocycles. The summed E-state index contributed by atoms with van der Waals surface area (Å²) in [6.07, 6.45) is 4.99. The second-order valence-electron chi connectivity index (χ2n) is 6.30. The molecule has 0 unspecified atom stereocenters. The first-order valence-corrected chi connectivity index (χ1v) is 9.50. The zero-order valence-electron chi connectivity index (χ0n) is 14.4. The van der Waals surface area contributed by atoms with E-state index in [1.165, 1.54) is 0 Å². The summed E-state index contributed by atoms with van der Waals surface area (Å²) in [5, 5.41) is 3.07. The van der Waals surface area contributed by atoms with Gasteiger partial charge in [0.25, 0.3) is 5.91 Å². The first kappa shape index (κ1) is 18.4. The Hall–Kier alpha value is -2.40. The van der Waals surface area contributed by atoms with Crippen LogP contribution in [0.4, 0.5) is 0 Å². The summed E-state index contributed by atoms with van der Waals surface area (Å²) >= 11 is 3.41. The van der Waals surface area contributed by atoms with Crippen LogP contribution in [0.2, 0.25) is 0 Å². The lowest BCUT2D eigenvalue weighted by Gasteiger charge is -2.31. The number of nitrogens with one attached hydrogen (secondary N) is 1. The van der Waals surface area contributed by atoms with E-state index in [0.717, 1.165) is 22.9 Å². The molecule has 1 fully saturated rings. The van der Waals surface area contributed by atoms with Gasteiger partial charge in [-0.1, -0.05) is 42.5 Å². The first-order chi connectivity index (χ1) is 12.6. The molecule has 4 nitrogen and oxygen atoms in total. The molecule has 2 aromatic rings. The Balaban J connectivity index is 1.49. The van der Waals surface area contributed by atoms with Crippen LogP contribution < -0.4 is 5.32 Å². The van der Waals surface area contributed by atoms with Crippen LogP contribution in [0.25, 0.3) is 6.08 Å². The third-order valence-electron chi connectivity index (χ3n) is 4.48. The molecular weight excluding hydrogens is 392 g/mol. The van der Waals surface area contributed by atoms with Crippen LogP contribution in [0.1, 0.15) is 28.8 Å². The standard InChI is InChI=1S/C21H21BrN2O2/c22-19-9-5-4-8-18(19)21(26)23-17-12-14-24(15-13-17)20(25)11-10-16-6-2-1-3-7-16/h1-11,17H,12-15H2,(H,23,26)/b11-10+. The van der Waals surface area contributed by atoms with Crippen molar-refractivity contribution in [2.45, 2.75) is 18.9 Å². The number of likely N-dealkylation sites (tertiary alicyclic amines) is 1. The quantitative estimate of drug-likeness (QED) is 0.774. The van der Waals surface area contributed by atoms with Crippen molar-refractivity contribution in [2.75, 3.05) is 13.1 Å². The highest BCUT2D eigenvalue weighted by atomic mass is 79.9. The van der Waals surface area contributed by atoms with Gasteiger partial charge in [-0.3, -0.25) is 9.59 Å².